The molecule has 1 aliphatic heterocycles. The Morgan fingerprint density at radius 2 is 1.79 bits per heavy atom. The molecule has 10 nitrogen and oxygen atoms in total. The number of imide groups is 1. The van der Waals surface area contributed by atoms with E-state index in [1.807, 2.05) is 0 Å². The van der Waals surface area contributed by atoms with Crippen LogP contribution in [0.4, 0.5) is 16.2 Å². The molecule has 3 amide bonds. The van der Waals surface area contributed by atoms with Crippen LogP contribution in [0.25, 0.3) is 6.08 Å². The van der Waals surface area contributed by atoms with Crippen molar-refractivity contribution in [1.29, 1.82) is 0 Å². The number of hydrogen-bond acceptors (Lipinski definition) is 8. The van der Waals surface area contributed by atoms with Crippen molar-refractivity contribution < 1.29 is 28.8 Å². The number of ether oxygens (including phenoxy) is 2. The number of hydrogen-bond donors (Lipinski definition) is 1. The number of non-ortho nitro benzene ring substituents is 1. The molecule has 13 heteroatoms. The number of nitrogens with one attached hydrogen (secondary N) is 1. The van der Waals surface area contributed by atoms with Crippen molar-refractivity contribution in [2.75, 3.05) is 19.0 Å². The van der Waals surface area contributed by atoms with Gasteiger partial charge in [-0.25, -0.2) is 0 Å². The Hall–Kier alpha value is -3.68. The molecule has 3 aromatic rings. The Labute approximate surface area is 243 Å². The van der Waals surface area contributed by atoms with E-state index in [9.17, 15) is 24.5 Å². The molecule has 0 radical (unpaired) electrons. The van der Waals surface area contributed by atoms with Gasteiger partial charge in [0.15, 0.2) is 0 Å². The highest BCUT2D eigenvalue weighted by Gasteiger charge is 2.36. The number of nitro benzene ring substituents is 1. The highest BCUT2D eigenvalue weighted by atomic mass is 79.9. The zero-order valence-electron chi connectivity index (χ0n) is 20.2. The van der Waals surface area contributed by atoms with E-state index in [4.69, 9.17) is 9.47 Å². The molecule has 1 fully saturated rings. The monoisotopic (exact) mass is 675 g/mol. The summed E-state index contributed by atoms with van der Waals surface area (Å²) in [5.74, 6) is -0.000958. The lowest BCUT2D eigenvalue weighted by Gasteiger charge is -2.13. The van der Waals surface area contributed by atoms with Crippen molar-refractivity contribution in [1.82, 2.24) is 4.90 Å². The van der Waals surface area contributed by atoms with E-state index in [1.54, 1.807) is 54.6 Å². The number of benzene rings is 3. The highest BCUT2D eigenvalue weighted by molar-refractivity contribution is 9.11. The largest absolute Gasteiger partial charge is 0.497 e. The number of carbonyl (C=O) groups is 3. The molecule has 0 aliphatic carbocycles. The fourth-order valence-electron chi connectivity index (χ4n) is 3.52. The summed E-state index contributed by atoms with van der Waals surface area (Å²) in [6.07, 6.45) is 1.55. The minimum absolute atomic E-state index is 0.0308. The quantitative estimate of drug-likeness (QED) is 0.157. The third-order valence-corrected chi connectivity index (χ3v) is 7.46. The van der Waals surface area contributed by atoms with E-state index in [0.29, 0.717) is 37.3 Å². The molecule has 200 valence electrons. The minimum Gasteiger partial charge on any atom is -0.497 e. The SMILES string of the molecule is COc1ccc(NC(=O)CN2C(=O)S/C(=C/c3cc(Br)c(OCc4cccc([N+](=O)[O-])c4)c(Br)c3)C2=O)cc1. The van der Waals surface area contributed by atoms with Crippen molar-refractivity contribution in [2.45, 2.75) is 6.61 Å². The van der Waals surface area contributed by atoms with Gasteiger partial charge in [-0.3, -0.25) is 29.4 Å². The maximum atomic E-state index is 12.9. The molecule has 0 saturated carbocycles. The Bertz CT molecular complexity index is 1470. The maximum absolute atomic E-state index is 12.9. The lowest BCUT2D eigenvalue weighted by Crippen LogP contribution is -2.36. The third-order valence-electron chi connectivity index (χ3n) is 5.37. The zero-order chi connectivity index (χ0) is 28.1. The smallest absolute Gasteiger partial charge is 0.294 e. The van der Waals surface area contributed by atoms with Gasteiger partial charge in [-0.15, -0.1) is 0 Å². The molecule has 1 heterocycles. The van der Waals surface area contributed by atoms with Gasteiger partial charge in [-0.1, -0.05) is 12.1 Å². The summed E-state index contributed by atoms with van der Waals surface area (Å²) in [7, 11) is 1.53. The van der Waals surface area contributed by atoms with Gasteiger partial charge in [0, 0.05) is 17.8 Å². The summed E-state index contributed by atoms with van der Waals surface area (Å²) in [6, 6.07) is 16.2. The molecule has 1 N–H and O–H groups in total. The zero-order valence-corrected chi connectivity index (χ0v) is 24.2. The van der Waals surface area contributed by atoms with Crippen LogP contribution in [0.2, 0.25) is 0 Å². The van der Waals surface area contributed by atoms with Gasteiger partial charge in [0.2, 0.25) is 5.91 Å². The van der Waals surface area contributed by atoms with Crippen molar-refractivity contribution in [3.8, 4) is 11.5 Å². The molecule has 1 saturated heterocycles. The van der Waals surface area contributed by atoms with Crippen molar-refractivity contribution >= 4 is 78.1 Å². The van der Waals surface area contributed by atoms with Crippen molar-refractivity contribution in [3.05, 3.63) is 95.8 Å². The number of amides is 3. The van der Waals surface area contributed by atoms with E-state index in [-0.39, 0.29) is 17.2 Å². The summed E-state index contributed by atoms with van der Waals surface area (Å²) >= 11 is 7.64. The summed E-state index contributed by atoms with van der Waals surface area (Å²) in [6.45, 7) is -0.332. The summed E-state index contributed by atoms with van der Waals surface area (Å²) in [4.78, 5) is 49.4. The van der Waals surface area contributed by atoms with Crippen LogP contribution in [0.5, 0.6) is 11.5 Å². The second kappa shape index (κ2) is 12.5. The molecule has 1 aliphatic rings. The van der Waals surface area contributed by atoms with Gasteiger partial charge < -0.3 is 14.8 Å². The van der Waals surface area contributed by atoms with Crippen LogP contribution in [-0.2, 0) is 16.2 Å². The normalized spacial score (nSPS) is 14.0. The van der Waals surface area contributed by atoms with Gasteiger partial charge in [0.25, 0.3) is 16.8 Å². The van der Waals surface area contributed by atoms with E-state index in [0.717, 1.165) is 16.7 Å². The Morgan fingerprint density at radius 3 is 2.44 bits per heavy atom. The molecular weight excluding hydrogens is 658 g/mol. The second-order valence-corrected chi connectivity index (χ2v) is 10.8. The van der Waals surface area contributed by atoms with E-state index in [1.165, 1.54) is 19.2 Å². The van der Waals surface area contributed by atoms with Crippen LogP contribution in [0, 0.1) is 10.1 Å². The summed E-state index contributed by atoms with van der Waals surface area (Å²) in [5.41, 5.74) is 1.70. The van der Waals surface area contributed by atoms with E-state index in [2.05, 4.69) is 37.2 Å². The first-order valence-electron chi connectivity index (χ1n) is 11.2. The number of nitro groups is 1. The molecular formula is C26H19Br2N3O7S. The molecule has 0 unspecified atom stereocenters. The average molecular weight is 677 g/mol. The van der Waals surface area contributed by atoms with Gasteiger partial charge in [0.1, 0.15) is 24.7 Å². The van der Waals surface area contributed by atoms with Gasteiger partial charge in [-0.05, 0) is 97.2 Å². The first-order valence-corrected chi connectivity index (χ1v) is 13.6. The topological polar surface area (TPSA) is 128 Å². The molecule has 0 atom stereocenters. The predicted octanol–water partition coefficient (Wildman–Crippen LogP) is 6.38. The third kappa shape index (κ3) is 7.05. The van der Waals surface area contributed by atoms with E-state index < -0.39 is 28.5 Å². The highest BCUT2D eigenvalue weighted by Crippen LogP contribution is 2.38. The number of carbonyl (C=O) groups excluding carboxylic acids is 3. The molecule has 0 spiro atoms. The fraction of sp³-hybridized carbons (Fsp3) is 0.115. The molecule has 0 bridgehead atoms. The Morgan fingerprint density at radius 1 is 1.10 bits per heavy atom. The molecule has 0 aromatic heterocycles. The fourth-order valence-corrected chi connectivity index (χ4v) is 5.81. The van der Waals surface area contributed by atoms with Crippen molar-refractivity contribution in [2.24, 2.45) is 0 Å². The maximum Gasteiger partial charge on any atom is 0.294 e. The van der Waals surface area contributed by atoms with Gasteiger partial charge >= 0.3 is 0 Å². The first-order chi connectivity index (χ1) is 18.6. The standard InChI is InChI=1S/C26H19Br2N3O7S/c1-37-19-7-5-17(6-8-19)29-23(32)13-30-25(33)22(39-26(30)34)12-16-10-20(27)24(21(28)11-16)38-14-15-3-2-4-18(9-15)31(35)36/h2-12H,13-14H2,1H3,(H,29,32)/b22-12+. The minimum atomic E-state index is -0.576. The lowest BCUT2D eigenvalue weighted by atomic mass is 10.2. The number of rotatable bonds is 9. The van der Waals surface area contributed by atoms with Gasteiger partial charge in [0.05, 0.1) is 25.9 Å². The number of anilines is 1. The average Bonchev–Trinajstić information content (AvgIpc) is 3.16. The summed E-state index contributed by atoms with van der Waals surface area (Å²) < 4.78 is 12.1. The first kappa shape index (κ1) is 28.3. The predicted molar refractivity (Wildman–Crippen MR) is 154 cm³/mol. The Balaban J connectivity index is 1.42. The molecule has 3 aromatic carbocycles. The van der Waals surface area contributed by atoms with Crippen LogP contribution in [0.3, 0.4) is 0 Å². The van der Waals surface area contributed by atoms with E-state index >= 15 is 0 Å². The molecule has 39 heavy (non-hydrogen) atoms. The molecule has 4 rings (SSSR count). The number of halogens is 2. The van der Waals surface area contributed by atoms with Crippen LogP contribution < -0.4 is 14.8 Å². The summed E-state index contributed by atoms with van der Waals surface area (Å²) in [5, 5.41) is 13.1. The van der Waals surface area contributed by atoms with Crippen molar-refractivity contribution in [3.63, 3.8) is 0 Å². The number of methoxy groups -OCH3 is 1. The number of nitrogens with zero attached hydrogens (tertiary/aromatic N) is 2. The van der Waals surface area contributed by atoms with Gasteiger partial charge in [-0.2, -0.15) is 0 Å². The van der Waals surface area contributed by atoms with Crippen LogP contribution in [0.1, 0.15) is 11.1 Å². The number of thioether (sulfide) groups is 1. The van der Waals surface area contributed by atoms with Crippen LogP contribution in [-0.4, -0.2) is 40.5 Å². The second-order valence-electron chi connectivity index (χ2n) is 8.07. The van der Waals surface area contributed by atoms with Crippen LogP contribution >= 0.6 is 43.6 Å². The van der Waals surface area contributed by atoms with Crippen LogP contribution in [0.15, 0.2) is 74.5 Å². The lowest BCUT2D eigenvalue weighted by molar-refractivity contribution is -0.384. The Kier molecular flexibility index (Phi) is 9.04.